The molecule has 2 nitrogen and oxygen atoms in total. The second-order valence-electron chi connectivity index (χ2n) is 6.32. The molecule has 0 saturated heterocycles. The zero-order chi connectivity index (χ0) is 14.5. The molecular formula is C19H26N2. The summed E-state index contributed by atoms with van der Waals surface area (Å²) < 4.78 is 0. The van der Waals surface area contributed by atoms with Crippen LogP contribution in [0.1, 0.15) is 51.0 Å². The van der Waals surface area contributed by atoms with E-state index in [1.54, 1.807) is 0 Å². The predicted octanol–water partition coefficient (Wildman–Crippen LogP) is 4.68. The fourth-order valence-corrected chi connectivity index (χ4v) is 3.66. The maximum absolute atomic E-state index is 4.39. The van der Waals surface area contributed by atoms with E-state index in [2.05, 4.69) is 41.5 Å². The number of nitrogens with one attached hydrogen (secondary N) is 1. The van der Waals surface area contributed by atoms with Crippen molar-refractivity contribution in [3.63, 3.8) is 0 Å². The van der Waals surface area contributed by atoms with Gasteiger partial charge in [-0.05, 0) is 48.9 Å². The molecule has 112 valence electrons. The number of rotatable bonds is 5. The molecule has 1 saturated carbocycles. The van der Waals surface area contributed by atoms with E-state index in [1.807, 2.05) is 12.3 Å². The lowest BCUT2D eigenvalue weighted by Crippen LogP contribution is -2.36. The molecule has 1 unspecified atom stereocenters. The second-order valence-corrected chi connectivity index (χ2v) is 6.32. The zero-order valence-electron chi connectivity index (χ0n) is 13.0. The topological polar surface area (TPSA) is 24.9 Å². The van der Waals surface area contributed by atoms with Crippen molar-refractivity contribution in [2.24, 2.45) is 5.92 Å². The molecule has 1 fully saturated rings. The molecule has 1 aromatic carbocycles. The van der Waals surface area contributed by atoms with E-state index >= 15 is 0 Å². The Morgan fingerprint density at radius 2 is 2.05 bits per heavy atom. The van der Waals surface area contributed by atoms with Crippen molar-refractivity contribution in [3.8, 4) is 0 Å². The van der Waals surface area contributed by atoms with Crippen LogP contribution in [-0.2, 0) is 6.54 Å². The van der Waals surface area contributed by atoms with Gasteiger partial charge in [-0.2, -0.15) is 0 Å². The van der Waals surface area contributed by atoms with Gasteiger partial charge in [-0.3, -0.25) is 4.98 Å². The van der Waals surface area contributed by atoms with Crippen molar-refractivity contribution >= 4 is 10.9 Å². The van der Waals surface area contributed by atoms with Crippen LogP contribution in [-0.4, -0.2) is 11.0 Å². The Morgan fingerprint density at radius 1 is 1.19 bits per heavy atom. The van der Waals surface area contributed by atoms with E-state index in [-0.39, 0.29) is 0 Å². The first-order chi connectivity index (χ1) is 10.4. The lowest BCUT2D eigenvalue weighted by Gasteiger charge is -2.30. The molecule has 2 aromatic rings. The van der Waals surface area contributed by atoms with E-state index < -0.39 is 0 Å². The van der Waals surface area contributed by atoms with Gasteiger partial charge in [0.05, 0.1) is 5.52 Å². The molecule has 1 heterocycles. The summed E-state index contributed by atoms with van der Waals surface area (Å²) in [5.74, 6) is 0.880. The van der Waals surface area contributed by atoms with E-state index in [0.29, 0.717) is 6.04 Å². The highest BCUT2D eigenvalue weighted by Gasteiger charge is 2.21. The summed E-state index contributed by atoms with van der Waals surface area (Å²) in [7, 11) is 0. The molecule has 0 amide bonds. The molecule has 0 aliphatic heterocycles. The molecule has 0 spiro atoms. The number of hydrogen-bond acceptors (Lipinski definition) is 2. The van der Waals surface area contributed by atoms with Gasteiger partial charge in [0.2, 0.25) is 0 Å². The number of pyridine rings is 1. The van der Waals surface area contributed by atoms with Crippen LogP contribution in [0.15, 0.2) is 36.5 Å². The Hall–Kier alpha value is -1.41. The Balaban J connectivity index is 1.64. The third kappa shape index (κ3) is 3.62. The largest absolute Gasteiger partial charge is 0.310 e. The molecule has 1 aliphatic carbocycles. The third-order valence-electron chi connectivity index (χ3n) is 4.89. The number of benzene rings is 1. The molecule has 1 atom stereocenters. The van der Waals surface area contributed by atoms with Crippen LogP contribution in [0.3, 0.4) is 0 Å². The average Bonchev–Trinajstić information content (AvgIpc) is 2.56. The molecule has 0 radical (unpaired) electrons. The van der Waals surface area contributed by atoms with Crippen LogP contribution >= 0.6 is 0 Å². The van der Waals surface area contributed by atoms with Gasteiger partial charge in [-0.25, -0.2) is 0 Å². The predicted molar refractivity (Wildman–Crippen MR) is 89.2 cm³/mol. The summed E-state index contributed by atoms with van der Waals surface area (Å²) in [5, 5.41) is 5.04. The zero-order valence-corrected chi connectivity index (χ0v) is 13.0. The van der Waals surface area contributed by atoms with Gasteiger partial charge in [0.1, 0.15) is 0 Å². The Kier molecular flexibility index (Phi) is 4.87. The third-order valence-corrected chi connectivity index (χ3v) is 4.89. The molecule has 1 N–H and O–H groups in total. The number of aromatic nitrogens is 1. The number of nitrogens with zero attached hydrogens (tertiary/aromatic N) is 1. The van der Waals surface area contributed by atoms with Crippen molar-refractivity contribution < 1.29 is 0 Å². The SMILES string of the molecule is CCC(NCc1ccc2ncccc2c1)C1CCCCC1. The van der Waals surface area contributed by atoms with Crippen LogP contribution in [0.2, 0.25) is 0 Å². The maximum Gasteiger partial charge on any atom is 0.0702 e. The molecule has 0 bridgehead atoms. The highest BCUT2D eigenvalue weighted by molar-refractivity contribution is 5.78. The van der Waals surface area contributed by atoms with Crippen LogP contribution in [0.5, 0.6) is 0 Å². The first-order valence-corrected chi connectivity index (χ1v) is 8.44. The van der Waals surface area contributed by atoms with Crippen molar-refractivity contribution in [1.29, 1.82) is 0 Å². The summed E-state index contributed by atoms with van der Waals surface area (Å²) in [5.41, 5.74) is 2.45. The normalized spacial score (nSPS) is 18.0. The number of fused-ring (bicyclic) bond motifs is 1. The van der Waals surface area contributed by atoms with Gasteiger partial charge in [0, 0.05) is 24.2 Å². The lowest BCUT2D eigenvalue weighted by molar-refractivity contribution is 0.262. The van der Waals surface area contributed by atoms with E-state index in [4.69, 9.17) is 0 Å². The number of hydrogen-bond donors (Lipinski definition) is 1. The molecule has 2 heteroatoms. The molecular weight excluding hydrogens is 256 g/mol. The molecule has 1 aliphatic rings. The summed E-state index contributed by atoms with van der Waals surface area (Å²) in [4.78, 5) is 4.39. The van der Waals surface area contributed by atoms with Crippen LogP contribution < -0.4 is 5.32 Å². The minimum Gasteiger partial charge on any atom is -0.310 e. The highest BCUT2D eigenvalue weighted by Crippen LogP contribution is 2.28. The Bertz CT molecular complexity index is 573. The second kappa shape index (κ2) is 7.04. The van der Waals surface area contributed by atoms with Crippen molar-refractivity contribution in [2.45, 2.75) is 58.0 Å². The van der Waals surface area contributed by atoms with E-state index in [1.165, 1.54) is 49.5 Å². The van der Waals surface area contributed by atoms with Crippen molar-refractivity contribution in [3.05, 3.63) is 42.1 Å². The Morgan fingerprint density at radius 3 is 2.86 bits per heavy atom. The fourth-order valence-electron chi connectivity index (χ4n) is 3.66. The lowest BCUT2D eigenvalue weighted by atomic mass is 9.83. The van der Waals surface area contributed by atoms with Gasteiger partial charge in [-0.15, -0.1) is 0 Å². The van der Waals surface area contributed by atoms with Gasteiger partial charge >= 0.3 is 0 Å². The maximum atomic E-state index is 4.39. The van der Waals surface area contributed by atoms with Gasteiger partial charge < -0.3 is 5.32 Å². The summed E-state index contributed by atoms with van der Waals surface area (Å²) in [6.45, 7) is 3.29. The summed E-state index contributed by atoms with van der Waals surface area (Å²) in [6.07, 6.45) is 10.2. The van der Waals surface area contributed by atoms with E-state index in [9.17, 15) is 0 Å². The van der Waals surface area contributed by atoms with E-state index in [0.717, 1.165) is 18.0 Å². The van der Waals surface area contributed by atoms with Crippen LogP contribution in [0.25, 0.3) is 10.9 Å². The van der Waals surface area contributed by atoms with Crippen LogP contribution in [0, 0.1) is 5.92 Å². The summed E-state index contributed by atoms with van der Waals surface area (Å²) in [6, 6.07) is 11.4. The summed E-state index contributed by atoms with van der Waals surface area (Å²) >= 11 is 0. The first-order valence-electron chi connectivity index (χ1n) is 8.44. The van der Waals surface area contributed by atoms with Crippen LogP contribution in [0.4, 0.5) is 0 Å². The first kappa shape index (κ1) is 14.5. The average molecular weight is 282 g/mol. The van der Waals surface area contributed by atoms with Gasteiger partial charge in [0.15, 0.2) is 0 Å². The molecule has 3 rings (SSSR count). The van der Waals surface area contributed by atoms with Gasteiger partial charge in [-0.1, -0.05) is 38.3 Å². The minimum atomic E-state index is 0.676. The Labute approximate surface area is 128 Å². The molecule has 1 aromatic heterocycles. The van der Waals surface area contributed by atoms with Crippen molar-refractivity contribution in [1.82, 2.24) is 10.3 Å². The van der Waals surface area contributed by atoms with Crippen molar-refractivity contribution in [2.75, 3.05) is 0 Å². The standard InChI is InChI=1S/C19H26N2/c1-2-18(16-7-4-3-5-8-16)21-14-15-10-11-19-17(13-15)9-6-12-20-19/h6,9-13,16,18,21H,2-5,7-8,14H2,1H3. The minimum absolute atomic E-state index is 0.676. The highest BCUT2D eigenvalue weighted by atomic mass is 14.9. The monoisotopic (exact) mass is 282 g/mol. The fraction of sp³-hybridized carbons (Fsp3) is 0.526. The quantitative estimate of drug-likeness (QED) is 0.861. The van der Waals surface area contributed by atoms with Gasteiger partial charge in [0.25, 0.3) is 0 Å². The molecule has 21 heavy (non-hydrogen) atoms. The smallest absolute Gasteiger partial charge is 0.0702 e.